The van der Waals surface area contributed by atoms with E-state index in [9.17, 15) is 4.79 Å². The Labute approximate surface area is 72.3 Å². The smallest absolute Gasteiger partial charge is 0.338 e. The monoisotopic (exact) mass is 173 g/mol. The van der Waals surface area contributed by atoms with Crippen molar-refractivity contribution in [3.8, 4) is 0 Å². The molecule has 4 nitrogen and oxygen atoms in total. The van der Waals surface area contributed by atoms with E-state index in [2.05, 4.69) is 0 Å². The molecular weight excluding hydrogens is 158 g/mol. The lowest BCUT2D eigenvalue weighted by Gasteiger charge is -2.03. The molecule has 0 saturated carbocycles. The fourth-order valence-electron chi connectivity index (χ4n) is 0.587. The highest BCUT2D eigenvalue weighted by Crippen LogP contribution is 1.96. The number of carbonyl (C=O) groups is 1. The zero-order valence-electron chi connectivity index (χ0n) is 7.50. The summed E-state index contributed by atoms with van der Waals surface area (Å²) in [6.07, 6.45) is 1.35. The van der Waals surface area contributed by atoms with E-state index in [1.54, 1.807) is 6.92 Å². The molecule has 0 aromatic rings. The quantitative estimate of drug-likeness (QED) is 0.372. The maximum absolute atomic E-state index is 11.0. The van der Waals surface area contributed by atoms with Crippen molar-refractivity contribution >= 4 is 5.97 Å². The molecule has 0 atom stereocenters. The zero-order chi connectivity index (χ0) is 9.40. The van der Waals surface area contributed by atoms with Gasteiger partial charge >= 0.3 is 5.97 Å². The van der Waals surface area contributed by atoms with E-state index in [4.69, 9.17) is 15.2 Å². The van der Waals surface area contributed by atoms with Gasteiger partial charge in [0.2, 0.25) is 0 Å². The van der Waals surface area contributed by atoms with Crippen molar-refractivity contribution < 1.29 is 14.3 Å². The third-order valence-electron chi connectivity index (χ3n) is 1.15. The molecule has 0 unspecified atom stereocenters. The lowest BCUT2D eigenvalue weighted by atomic mass is 10.3. The summed E-state index contributed by atoms with van der Waals surface area (Å²) in [5.41, 5.74) is 5.66. The summed E-state index contributed by atoms with van der Waals surface area (Å²) in [5.74, 6) is -0.409. The van der Waals surface area contributed by atoms with Gasteiger partial charge in [-0.3, -0.25) is 0 Å². The van der Waals surface area contributed by atoms with E-state index in [1.807, 2.05) is 6.92 Å². The summed E-state index contributed by atoms with van der Waals surface area (Å²) in [6, 6.07) is 0. The molecule has 2 N–H and O–H groups in total. The van der Waals surface area contributed by atoms with Gasteiger partial charge in [0.1, 0.15) is 0 Å². The van der Waals surface area contributed by atoms with Crippen LogP contribution >= 0.6 is 0 Å². The van der Waals surface area contributed by atoms with Crippen LogP contribution in [0.5, 0.6) is 0 Å². The first kappa shape index (κ1) is 11.0. The van der Waals surface area contributed by atoms with Gasteiger partial charge in [-0.15, -0.1) is 0 Å². The van der Waals surface area contributed by atoms with Crippen molar-refractivity contribution in [3.63, 3.8) is 0 Å². The molecule has 0 bridgehead atoms. The van der Waals surface area contributed by atoms with Gasteiger partial charge in [-0.05, 0) is 13.8 Å². The Morgan fingerprint density at radius 1 is 1.42 bits per heavy atom. The van der Waals surface area contributed by atoms with Crippen molar-refractivity contribution in [1.29, 1.82) is 0 Å². The van der Waals surface area contributed by atoms with Crippen LogP contribution in [0, 0.1) is 0 Å². The van der Waals surface area contributed by atoms with Crippen LogP contribution in [0.3, 0.4) is 0 Å². The van der Waals surface area contributed by atoms with Crippen molar-refractivity contribution in [2.24, 2.45) is 5.73 Å². The van der Waals surface area contributed by atoms with Crippen molar-refractivity contribution in [2.75, 3.05) is 19.8 Å². The standard InChI is InChI=1S/C8H15NO3/c1-3-11-6-7(5-9)8(10)12-4-2/h6H,3-5,9H2,1-2H3/b7-6+. The maximum atomic E-state index is 11.0. The Kier molecular flexibility index (Phi) is 6.09. The number of nitrogens with two attached hydrogens (primary N) is 1. The highest BCUT2D eigenvalue weighted by Gasteiger charge is 2.07. The number of ether oxygens (including phenoxy) is 2. The average molecular weight is 173 g/mol. The summed E-state index contributed by atoms with van der Waals surface area (Å²) >= 11 is 0. The molecule has 70 valence electrons. The highest BCUT2D eigenvalue weighted by molar-refractivity contribution is 5.88. The molecule has 0 saturated heterocycles. The number of hydrogen-bond donors (Lipinski definition) is 1. The molecule has 12 heavy (non-hydrogen) atoms. The third kappa shape index (κ3) is 3.98. The van der Waals surface area contributed by atoms with Crippen LogP contribution in [0.25, 0.3) is 0 Å². The summed E-state index contributed by atoms with van der Waals surface area (Å²) in [7, 11) is 0. The van der Waals surface area contributed by atoms with Crippen LogP contribution in [0.2, 0.25) is 0 Å². The fraction of sp³-hybridized carbons (Fsp3) is 0.625. The second-order valence-corrected chi connectivity index (χ2v) is 2.02. The van der Waals surface area contributed by atoms with Gasteiger partial charge in [0.05, 0.1) is 25.0 Å². The van der Waals surface area contributed by atoms with E-state index in [0.717, 1.165) is 0 Å². The fourth-order valence-corrected chi connectivity index (χ4v) is 0.587. The molecule has 0 fully saturated rings. The van der Waals surface area contributed by atoms with Crippen LogP contribution < -0.4 is 5.73 Å². The van der Waals surface area contributed by atoms with E-state index in [1.165, 1.54) is 6.26 Å². The predicted octanol–water partition coefficient (Wildman–Crippen LogP) is 0.429. The van der Waals surface area contributed by atoms with E-state index >= 15 is 0 Å². The summed E-state index contributed by atoms with van der Waals surface area (Å²) < 4.78 is 9.64. The molecule has 0 aliphatic rings. The van der Waals surface area contributed by atoms with Crippen LogP contribution in [0.4, 0.5) is 0 Å². The number of esters is 1. The van der Waals surface area contributed by atoms with Gasteiger partial charge in [0.25, 0.3) is 0 Å². The van der Waals surface area contributed by atoms with E-state index < -0.39 is 5.97 Å². The predicted molar refractivity (Wildman–Crippen MR) is 45.4 cm³/mol. The topological polar surface area (TPSA) is 61.5 Å². The molecule has 0 amide bonds. The molecule has 0 heterocycles. The van der Waals surface area contributed by atoms with Gasteiger partial charge in [-0.1, -0.05) is 0 Å². The molecule has 0 aromatic heterocycles. The Hall–Kier alpha value is -1.03. The van der Waals surface area contributed by atoms with E-state index in [-0.39, 0.29) is 6.54 Å². The van der Waals surface area contributed by atoms with Crippen LogP contribution in [0.15, 0.2) is 11.8 Å². The number of hydrogen-bond acceptors (Lipinski definition) is 4. The normalized spacial score (nSPS) is 11.1. The van der Waals surface area contributed by atoms with Crippen molar-refractivity contribution in [3.05, 3.63) is 11.8 Å². The molecule has 0 aromatic carbocycles. The van der Waals surface area contributed by atoms with Crippen LogP contribution in [-0.4, -0.2) is 25.7 Å². The Bertz CT molecular complexity index is 166. The first-order chi connectivity index (χ1) is 5.76. The van der Waals surface area contributed by atoms with Gasteiger partial charge in [-0.2, -0.15) is 0 Å². The Balaban J connectivity index is 4.04. The largest absolute Gasteiger partial charge is 0.501 e. The maximum Gasteiger partial charge on any atom is 0.338 e. The molecule has 0 radical (unpaired) electrons. The highest BCUT2D eigenvalue weighted by atomic mass is 16.5. The molecule has 0 rings (SSSR count). The van der Waals surface area contributed by atoms with Gasteiger partial charge < -0.3 is 15.2 Å². The van der Waals surface area contributed by atoms with Crippen molar-refractivity contribution in [2.45, 2.75) is 13.8 Å². The van der Waals surface area contributed by atoms with Crippen LogP contribution in [-0.2, 0) is 14.3 Å². The Morgan fingerprint density at radius 3 is 2.50 bits per heavy atom. The van der Waals surface area contributed by atoms with Gasteiger partial charge in [0, 0.05) is 6.54 Å². The second-order valence-electron chi connectivity index (χ2n) is 2.02. The first-order valence-corrected chi connectivity index (χ1v) is 3.94. The summed E-state index contributed by atoms with van der Waals surface area (Å²) in [5, 5.41) is 0. The summed E-state index contributed by atoms with van der Waals surface area (Å²) in [6.45, 7) is 4.58. The minimum Gasteiger partial charge on any atom is -0.501 e. The second kappa shape index (κ2) is 6.67. The molecule has 0 aliphatic heterocycles. The molecule has 4 heteroatoms. The Morgan fingerprint density at radius 2 is 2.08 bits per heavy atom. The SMILES string of the molecule is CCO/C=C(\CN)C(=O)OCC. The van der Waals surface area contributed by atoms with Gasteiger partial charge in [0.15, 0.2) is 0 Å². The van der Waals surface area contributed by atoms with E-state index in [0.29, 0.717) is 18.8 Å². The van der Waals surface area contributed by atoms with Crippen LogP contribution in [0.1, 0.15) is 13.8 Å². The van der Waals surface area contributed by atoms with Crippen molar-refractivity contribution in [1.82, 2.24) is 0 Å². The number of rotatable bonds is 5. The minimum absolute atomic E-state index is 0.138. The minimum atomic E-state index is -0.409. The lowest BCUT2D eigenvalue weighted by molar-refractivity contribution is -0.138. The first-order valence-electron chi connectivity index (χ1n) is 3.94. The van der Waals surface area contributed by atoms with Gasteiger partial charge in [-0.25, -0.2) is 4.79 Å². The average Bonchev–Trinajstić information content (AvgIpc) is 2.06. The third-order valence-corrected chi connectivity index (χ3v) is 1.15. The number of carbonyl (C=O) groups excluding carboxylic acids is 1. The molecule has 0 aliphatic carbocycles. The molecule has 0 spiro atoms. The zero-order valence-corrected chi connectivity index (χ0v) is 7.50. The summed E-state index contributed by atoms with van der Waals surface area (Å²) in [4.78, 5) is 11.0. The lowest BCUT2D eigenvalue weighted by Crippen LogP contribution is -2.16. The molecular formula is C8H15NO3.